The van der Waals surface area contributed by atoms with Crippen LogP contribution >= 0.6 is 0 Å². The van der Waals surface area contributed by atoms with E-state index >= 15 is 0 Å². The zero-order valence-corrected chi connectivity index (χ0v) is 10.9. The Morgan fingerprint density at radius 1 is 1.40 bits per heavy atom. The molecule has 0 spiro atoms. The minimum atomic E-state index is -0.466. The second-order valence-electron chi connectivity index (χ2n) is 4.34. The molecule has 0 aliphatic heterocycles. The van der Waals surface area contributed by atoms with Crippen molar-refractivity contribution in [2.24, 2.45) is 0 Å². The number of nitro groups is 1. The Bertz CT molecular complexity index is 641. The van der Waals surface area contributed by atoms with Crippen molar-refractivity contribution in [2.75, 3.05) is 5.32 Å². The topological polar surface area (TPSA) is 85.1 Å². The van der Waals surface area contributed by atoms with Gasteiger partial charge < -0.3 is 5.32 Å². The van der Waals surface area contributed by atoms with Gasteiger partial charge in [0.15, 0.2) is 0 Å². The highest BCUT2D eigenvalue weighted by Crippen LogP contribution is 2.22. The lowest BCUT2D eigenvalue weighted by Crippen LogP contribution is -2.14. The number of amides is 1. The van der Waals surface area contributed by atoms with Crippen LogP contribution in [0.25, 0.3) is 0 Å². The summed E-state index contributed by atoms with van der Waals surface area (Å²) in [5.74, 6) is -0.240. The summed E-state index contributed by atoms with van der Waals surface area (Å²) >= 11 is 0. The number of carbonyl (C=O) groups excluding carboxylic acids is 1. The number of rotatable bonds is 4. The van der Waals surface area contributed by atoms with Gasteiger partial charge in [-0.3, -0.25) is 19.9 Å². The van der Waals surface area contributed by atoms with E-state index in [4.69, 9.17) is 0 Å². The minimum Gasteiger partial charge on any atom is -0.326 e. The van der Waals surface area contributed by atoms with Gasteiger partial charge in [0, 0.05) is 29.7 Å². The molecule has 102 valence electrons. The molecule has 0 aliphatic carbocycles. The molecule has 1 heterocycles. The monoisotopic (exact) mass is 271 g/mol. The van der Waals surface area contributed by atoms with Crippen molar-refractivity contribution in [3.63, 3.8) is 0 Å². The van der Waals surface area contributed by atoms with Gasteiger partial charge in [-0.25, -0.2) is 0 Å². The zero-order valence-electron chi connectivity index (χ0n) is 10.9. The molecule has 2 aromatic rings. The normalized spacial score (nSPS) is 10.1. The summed E-state index contributed by atoms with van der Waals surface area (Å²) in [5.41, 5.74) is 1.74. The number of benzene rings is 1. The van der Waals surface area contributed by atoms with Gasteiger partial charge >= 0.3 is 0 Å². The lowest BCUT2D eigenvalue weighted by Gasteiger charge is -2.06. The van der Waals surface area contributed by atoms with E-state index in [0.717, 1.165) is 5.56 Å². The fourth-order valence-corrected chi connectivity index (χ4v) is 1.78. The number of nitrogens with one attached hydrogen (secondary N) is 1. The van der Waals surface area contributed by atoms with Crippen LogP contribution in [0, 0.1) is 17.0 Å². The van der Waals surface area contributed by atoms with Crippen LogP contribution in [0.15, 0.2) is 42.7 Å². The molecule has 1 N–H and O–H groups in total. The Labute approximate surface area is 115 Å². The van der Waals surface area contributed by atoms with Crippen LogP contribution in [-0.2, 0) is 11.2 Å². The molecule has 0 radical (unpaired) electrons. The van der Waals surface area contributed by atoms with E-state index in [9.17, 15) is 14.9 Å². The van der Waals surface area contributed by atoms with Crippen LogP contribution in [0.5, 0.6) is 0 Å². The smallest absolute Gasteiger partial charge is 0.274 e. The maximum absolute atomic E-state index is 11.8. The Balaban J connectivity index is 2.08. The van der Waals surface area contributed by atoms with Gasteiger partial charge in [-0.15, -0.1) is 0 Å². The van der Waals surface area contributed by atoms with Gasteiger partial charge in [-0.05, 0) is 24.6 Å². The number of anilines is 1. The predicted octanol–water partition coefficient (Wildman–Crippen LogP) is 2.48. The first-order valence-corrected chi connectivity index (χ1v) is 6.00. The zero-order chi connectivity index (χ0) is 14.5. The fourth-order valence-electron chi connectivity index (χ4n) is 1.78. The van der Waals surface area contributed by atoms with Gasteiger partial charge in [-0.1, -0.05) is 12.1 Å². The third-order valence-electron chi connectivity index (χ3n) is 2.78. The number of aryl methyl sites for hydroxylation is 1. The quantitative estimate of drug-likeness (QED) is 0.683. The number of hydrogen-bond donors (Lipinski definition) is 1. The molecular formula is C14H13N3O3. The second-order valence-corrected chi connectivity index (χ2v) is 4.34. The Morgan fingerprint density at radius 3 is 2.85 bits per heavy atom. The summed E-state index contributed by atoms with van der Waals surface area (Å²) in [4.78, 5) is 26.1. The summed E-state index contributed by atoms with van der Waals surface area (Å²) in [6, 6.07) is 8.15. The van der Waals surface area contributed by atoms with Crippen LogP contribution < -0.4 is 5.32 Å². The molecule has 0 saturated carbocycles. The predicted molar refractivity (Wildman–Crippen MR) is 74.4 cm³/mol. The molecule has 0 saturated heterocycles. The number of aromatic nitrogens is 1. The average Bonchev–Trinajstić information content (AvgIpc) is 2.41. The van der Waals surface area contributed by atoms with Crippen molar-refractivity contribution in [3.8, 4) is 0 Å². The molecule has 20 heavy (non-hydrogen) atoms. The number of carbonyl (C=O) groups is 1. The minimum absolute atomic E-state index is 0.0100. The molecular weight excluding hydrogens is 258 g/mol. The summed E-state index contributed by atoms with van der Waals surface area (Å²) in [7, 11) is 0. The molecule has 2 rings (SSSR count). The van der Waals surface area contributed by atoms with Crippen molar-refractivity contribution in [1.29, 1.82) is 0 Å². The van der Waals surface area contributed by atoms with Crippen molar-refractivity contribution < 1.29 is 9.72 Å². The van der Waals surface area contributed by atoms with Gasteiger partial charge in [0.1, 0.15) is 0 Å². The molecule has 1 aromatic heterocycles. The Kier molecular flexibility index (Phi) is 4.05. The number of nitro benzene ring substituents is 1. The lowest BCUT2D eigenvalue weighted by atomic mass is 10.1. The molecule has 6 heteroatoms. The summed E-state index contributed by atoms with van der Waals surface area (Å²) < 4.78 is 0. The molecule has 0 aliphatic rings. The molecule has 6 nitrogen and oxygen atoms in total. The van der Waals surface area contributed by atoms with E-state index in [1.165, 1.54) is 6.07 Å². The third-order valence-corrected chi connectivity index (χ3v) is 2.78. The maximum atomic E-state index is 11.8. The Morgan fingerprint density at radius 2 is 2.20 bits per heavy atom. The van der Waals surface area contributed by atoms with Crippen LogP contribution in [0.1, 0.15) is 11.1 Å². The maximum Gasteiger partial charge on any atom is 0.274 e. The molecule has 0 fully saturated rings. The molecule has 0 bridgehead atoms. The van der Waals surface area contributed by atoms with Crippen molar-refractivity contribution >= 4 is 17.3 Å². The Hall–Kier alpha value is -2.76. The highest BCUT2D eigenvalue weighted by molar-refractivity contribution is 5.92. The molecule has 1 aromatic carbocycles. The molecule has 0 atom stereocenters. The standard InChI is InChI=1S/C14H13N3O3/c1-10-4-5-12(8-13(10)17(19)20)16-14(18)7-11-3-2-6-15-9-11/h2-6,8-9H,7H2,1H3,(H,16,18). The van der Waals surface area contributed by atoms with Crippen molar-refractivity contribution in [1.82, 2.24) is 4.98 Å². The fraction of sp³-hybridized carbons (Fsp3) is 0.143. The summed E-state index contributed by atoms with van der Waals surface area (Å²) in [6.07, 6.45) is 3.41. The van der Waals surface area contributed by atoms with E-state index in [-0.39, 0.29) is 18.0 Å². The number of hydrogen-bond acceptors (Lipinski definition) is 4. The van der Waals surface area contributed by atoms with Crippen LogP contribution in [0.2, 0.25) is 0 Å². The largest absolute Gasteiger partial charge is 0.326 e. The number of nitrogens with zero attached hydrogens (tertiary/aromatic N) is 2. The van der Waals surface area contributed by atoms with E-state index in [1.54, 1.807) is 43.6 Å². The van der Waals surface area contributed by atoms with Gasteiger partial charge in [0.05, 0.1) is 11.3 Å². The summed E-state index contributed by atoms with van der Waals surface area (Å²) in [5, 5.41) is 13.5. The van der Waals surface area contributed by atoms with Gasteiger partial charge in [-0.2, -0.15) is 0 Å². The first-order valence-electron chi connectivity index (χ1n) is 6.00. The molecule has 1 amide bonds. The van der Waals surface area contributed by atoms with Crippen LogP contribution in [0.4, 0.5) is 11.4 Å². The van der Waals surface area contributed by atoms with Crippen LogP contribution in [-0.4, -0.2) is 15.8 Å². The average molecular weight is 271 g/mol. The lowest BCUT2D eigenvalue weighted by molar-refractivity contribution is -0.385. The third kappa shape index (κ3) is 3.38. The molecule has 0 unspecified atom stereocenters. The number of pyridine rings is 1. The van der Waals surface area contributed by atoms with Crippen molar-refractivity contribution in [2.45, 2.75) is 13.3 Å². The highest BCUT2D eigenvalue weighted by Gasteiger charge is 2.12. The van der Waals surface area contributed by atoms with Gasteiger partial charge in [0.25, 0.3) is 5.69 Å². The van der Waals surface area contributed by atoms with E-state index < -0.39 is 4.92 Å². The second kappa shape index (κ2) is 5.92. The van der Waals surface area contributed by atoms with Gasteiger partial charge in [0.2, 0.25) is 5.91 Å². The highest BCUT2D eigenvalue weighted by atomic mass is 16.6. The van der Waals surface area contributed by atoms with E-state index in [2.05, 4.69) is 10.3 Å². The van der Waals surface area contributed by atoms with Crippen LogP contribution in [0.3, 0.4) is 0 Å². The SMILES string of the molecule is Cc1ccc(NC(=O)Cc2cccnc2)cc1[N+](=O)[O-]. The van der Waals surface area contributed by atoms with Crippen molar-refractivity contribution in [3.05, 3.63) is 64.0 Å². The summed E-state index contributed by atoms with van der Waals surface area (Å²) in [6.45, 7) is 1.65. The first-order chi connectivity index (χ1) is 9.56. The van der Waals surface area contributed by atoms with E-state index in [0.29, 0.717) is 11.3 Å². The van der Waals surface area contributed by atoms with E-state index in [1.807, 2.05) is 0 Å². The first kappa shape index (κ1) is 13.7.